The SMILES string of the molecule is Cc1ccc(N2C(=O)C(=O)/C(=C(/O)c3ccc(F)cc3)C2c2c(C)[nH]c3ccccc23)cc1C. The van der Waals surface area contributed by atoms with Gasteiger partial charge in [-0.3, -0.25) is 14.5 Å². The lowest BCUT2D eigenvalue weighted by molar-refractivity contribution is -0.132. The lowest BCUT2D eigenvalue weighted by Gasteiger charge is -2.26. The van der Waals surface area contributed by atoms with Gasteiger partial charge in [0.2, 0.25) is 0 Å². The number of rotatable bonds is 3. The molecule has 0 spiro atoms. The first kappa shape index (κ1) is 21.6. The number of carbonyl (C=O) groups is 2. The van der Waals surface area contributed by atoms with Crippen LogP contribution in [0.25, 0.3) is 16.7 Å². The molecule has 4 aromatic rings. The number of Topliss-reactive ketones (excluding diaryl/α,β-unsaturated/α-hetero) is 1. The highest BCUT2D eigenvalue weighted by atomic mass is 19.1. The zero-order chi connectivity index (χ0) is 24.1. The summed E-state index contributed by atoms with van der Waals surface area (Å²) in [5.74, 6) is -2.30. The Bertz CT molecular complexity index is 1500. The van der Waals surface area contributed by atoms with Gasteiger partial charge in [0, 0.05) is 33.4 Å². The monoisotopic (exact) mass is 454 g/mol. The number of aliphatic hydroxyl groups excluding tert-OH is 1. The molecule has 1 fully saturated rings. The summed E-state index contributed by atoms with van der Waals surface area (Å²) < 4.78 is 13.5. The van der Waals surface area contributed by atoms with E-state index in [0.717, 1.165) is 33.3 Å². The van der Waals surface area contributed by atoms with Crippen molar-refractivity contribution in [2.75, 3.05) is 4.90 Å². The molecule has 0 saturated carbocycles. The molecule has 6 heteroatoms. The Kier molecular flexibility index (Phi) is 5.09. The summed E-state index contributed by atoms with van der Waals surface area (Å²) in [6.07, 6.45) is 0. The van der Waals surface area contributed by atoms with Crippen molar-refractivity contribution in [3.63, 3.8) is 0 Å². The van der Waals surface area contributed by atoms with Crippen LogP contribution in [0.1, 0.15) is 34.0 Å². The van der Waals surface area contributed by atoms with Crippen molar-refractivity contribution in [2.24, 2.45) is 0 Å². The van der Waals surface area contributed by atoms with Gasteiger partial charge in [-0.25, -0.2) is 4.39 Å². The third-order valence-corrected chi connectivity index (χ3v) is 6.55. The molecule has 3 aromatic carbocycles. The Hall–Kier alpha value is -4.19. The van der Waals surface area contributed by atoms with Gasteiger partial charge in [-0.2, -0.15) is 0 Å². The zero-order valence-electron chi connectivity index (χ0n) is 19.0. The number of benzene rings is 3. The molecule has 0 aliphatic carbocycles. The number of aryl methyl sites for hydroxylation is 3. The first-order valence-corrected chi connectivity index (χ1v) is 11.0. The minimum atomic E-state index is -0.858. The van der Waals surface area contributed by atoms with Crippen LogP contribution in [0.4, 0.5) is 10.1 Å². The molecule has 1 aromatic heterocycles. The Morgan fingerprint density at radius 1 is 0.941 bits per heavy atom. The van der Waals surface area contributed by atoms with Gasteiger partial charge in [0.1, 0.15) is 11.6 Å². The number of hydrogen-bond donors (Lipinski definition) is 2. The predicted molar refractivity (Wildman–Crippen MR) is 130 cm³/mol. The number of fused-ring (bicyclic) bond motifs is 1. The van der Waals surface area contributed by atoms with Gasteiger partial charge in [0.15, 0.2) is 0 Å². The van der Waals surface area contributed by atoms with Gasteiger partial charge in [0.05, 0.1) is 11.6 Å². The third-order valence-electron chi connectivity index (χ3n) is 6.55. The summed E-state index contributed by atoms with van der Waals surface area (Å²) in [4.78, 5) is 31.6. The van der Waals surface area contributed by atoms with Gasteiger partial charge < -0.3 is 10.1 Å². The van der Waals surface area contributed by atoms with Crippen molar-refractivity contribution in [1.29, 1.82) is 0 Å². The number of nitrogens with one attached hydrogen (secondary N) is 1. The number of H-pyrrole nitrogens is 1. The Morgan fingerprint density at radius 3 is 2.35 bits per heavy atom. The zero-order valence-corrected chi connectivity index (χ0v) is 19.0. The summed E-state index contributed by atoms with van der Waals surface area (Å²) in [5, 5.41) is 12.1. The van der Waals surface area contributed by atoms with Crippen LogP contribution in [0.2, 0.25) is 0 Å². The van der Waals surface area contributed by atoms with Crippen LogP contribution in [0.3, 0.4) is 0 Å². The smallest absolute Gasteiger partial charge is 0.300 e. The predicted octanol–water partition coefficient (Wildman–Crippen LogP) is 5.86. The molecule has 2 heterocycles. The summed E-state index contributed by atoms with van der Waals surface area (Å²) in [7, 11) is 0. The van der Waals surface area contributed by atoms with Crippen molar-refractivity contribution in [3.8, 4) is 0 Å². The van der Waals surface area contributed by atoms with Crippen LogP contribution in [0.15, 0.2) is 72.3 Å². The second kappa shape index (κ2) is 7.99. The van der Waals surface area contributed by atoms with Gasteiger partial charge in [0.25, 0.3) is 11.7 Å². The van der Waals surface area contributed by atoms with Crippen molar-refractivity contribution in [2.45, 2.75) is 26.8 Å². The van der Waals surface area contributed by atoms with E-state index in [1.54, 1.807) is 0 Å². The number of hydrogen-bond acceptors (Lipinski definition) is 3. The molecule has 1 aliphatic heterocycles. The second-order valence-corrected chi connectivity index (χ2v) is 8.65. The number of nitrogens with zero attached hydrogens (tertiary/aromatic N) is 1. The van der Waals surface area contributed by atoms with Gasteiger partial charge >= 0.3 is 0 Å². The average Bonchev–Trinajstić information content (AvgIpc) is 3.28. The first-order valence-electron chi connectivity index (χ1n) is 11.0. The number of aliphatic hydroxyl groups is 1. The first-order chi connectivity index (χ1) is 16.3. The fourth-order valence-electron chi connectivity index (χ4n) is 4.66. The van der Waals surface area contributed by atoms with E-state index in [1.165, 1.54) is 29.2 Å². The van der Waals surface area contributed by atoms with Crippen LogP contribution >= 0.6 is 0 Å². The lowest BCUT2D eigenvalue weighted by Crippen LogP contribution is -2.29. The number of carbonyl (C=O) groups excluding carboxylic acids is 2. The van der Waals surface area contributed by atoms with E-state index < -0.39 is 23.5 Å². The highest BCUT2D eigenvalue weighted by Crippen LogP contribution is 2.45. The van der Waals surface area contributed by atoms with Crippen LogP contribution in [-0.2, 0) is 9.59 Å². The molecule has 5 nitrogen and oxygen atoms in total. The number of ketones is 1. The van der Waals surface area contributed by atoms with Crippen molar-refractivity contribution >= 4 is 34.0 Å². The third kappa shape index (κ3) is 3.30. The Morgan fingerprint density at radius 2 is 1.65 bits per heavy atom. The van der Waals surface area contributed by atoms with E-state index in [2.05, 4.69) is 4.98 Å². The maximum atomic E-state index is 13.5. The molecule has 1 aliphatic rings. The van der Waals surface area contributed by atoms with E-state index in [-0.39, 0.29) is 16.9 Å². The summed E-state index contributed by atoms with van der Waals surface area (Å²) >= 11 is 0. The maximum absolute atomic E-state index is 13.5. The largest absolute Gasteiger partial charge is 0.507 e. The molecule has 1 amide bonds. The maximum Gasteiger partial charge on any atom is 0.300 e. The van der Waals surface area contributed by atoms with Crippen LogP contribution < -0.4 is 4.90 Å². The summed E-state index contributed by atoms with van der Waals surface area (Å²) in [5.41, 5.74) is 5.23. The van der Waals surface area contributed by atoms with E-state index in [4.69, 9.17) is 0 Å². The van der Waals surface area contributed by atoms with Gasteiger partial charge in [-0.05, 0) is 74.4 Å². The lowest BCUT2D eigenvalue weighted by atomic mass is 9.93. The van der Waals surface area contributed by atoms with E-state index >= 15 is 0 Å². The molecule has 170 valence electrons. The van der Waals surface area contributed by atoms with Crippen molar-refractivity contribution in [1.82, 2.24) is 4.98 Å². The van der Waals surface area contributed by atoms with Crippen molar-refractivity contribution < 1.29 is 19.1 Å². The van der Waals surface area contributed by atoms with Crippen molar-refractivity contribution in [3.05, 3.63) is 106 Å². The highest BCUT2D eigenvalue weighted by Gasteiger charge is 2.48. The average molecular weight is 455 g/mol. The molecule has 0 radical (unpaired) electrons. The topological polar surface area (TPSA) is 73.4 Å². The van der Waals surface area contributed by atoms with Crippen LogP contribution in [-0.4, -0.2) is 21.8 Å². The van der Waals surface area contributed by atoms with Crippen LogP contribution in [0, 0.1) is 26.6 Å². The standard InChI is InChI=1S/C28H23FN2O3/c1-15-8-13-20(14-16(15)2)31-25(23-17(3)30-22-7-5-4-6-21(22)23)24(27(33)28(31)34)26(32)18-9-11-19(29)12-10-18/h4-14,25,30,32H,1-3H3/b26-24+. The van der Waals surface area contributed by atoms with Gasteiger partial charge in [-0.15, -0.1) is 0 Å². The highest BCUT2D eigenvalue weighted by molar-refractivity contribution is 6.52. The van der Waals surface area contributed by atoms with Crippen LogP contribution in [0.5, 0.6) is 0 Å². The molecule has 2 N–H and O–H groups in total. The van der Waals surface area contributed by atoms with E-state index in [1.807, 2.05) is 63.2 Å². The van der Waals surface area contributed by atoms with E-state index in [9.17, 15) is 19.1 Å². The molecule has 5 rings (SSSR count). The fraction of sp³-hybridized carbons (Fsp3) is 0.143. The Balaban J connectivity index is 1.82. The second-order valence-electron chi connectivity index (χ2n) is 8.65. The number of anilines is 1. The molecule has 1 unspecified atom stereocenters. The quantitative estimate of drug-likeness (QED) is 0.231. The molecule has 1 atom stereocenters. The molecular weight excluding hydrogens is 431 g/mol. The molecule has 34 heavy (non-hydrogen) atoms. The summed E-state index contributed by atoms with van der Waals surface area (Å²) in [6.45, 7) is 5.80. The van der Waals surface area contributed by atoms with E-state index in [0.29, 0.717) is 5.69 Å². The molecule has 1 saturated heterocycles. The Labute approximate surface area is 196 Å². The minimum absolute atomic E-state index is 0.0253. The van der Waals surface area contributed by atoms with Gasteiger partial charge in [-0.1, -0.05) is 24.3 Å². The summed E-state index contributed by atoms with van der Waals surface area (Å²) in [6, 6.07) is 17.6. The number of amides is 1. The number of para-hydroxylation sites is 1. The minimum Gasteiger partial charge on any atom is -0.507 e. The number of halogens is 1. The number of aromatic amines is 1. The molecule has 0 bridgehead atoms. The molecular formula is C28H23FN2O3. The number of aromatic nitrogens is 1. The fourth-order valence-corrected chi connectivity index (χ4v) is 4.66. The normalized spacial score (nSPS) is 17.6.